The van der Waals surface area contributed by atoms with Crippen molar-refractivity contribution in [1.29, 1.82) is 0 Å². The summed E-state index contributed by atoms with van der Waals surface area (Å²) in [5, 5.41) is 15.3. The van der Waals surface area contributed by atoms with Gasteiger partial charge in [-0.3, -0.25) is 4.79 Å². The summed E-state index contributed by atoms with van der Waals surface area (Å²) in [4.78, 5) is 12.5. The normalized spacial score (nSPS) is 12.0. The van der Waals surface area contributed by atoms with Crippen LogP contribution in [0.15, 0.2) is 47.6 Å². The van der Waals surface area contributed by atoms with Gasteiger partial charge in [0, 0.05) is 0 Å². The van der Waals surface area contributed by atoms with Crippen molar-refractivity contribution < 1.29 is 4.79 Å². The van der Waals surface area contributed by atoms with Crippen LogP contribution in [0.25, 0.3) is 5.69 Å². The summed E-state index contributed by atoms with van der Waals surface area (Å²) in [6, 6.07) is 12.9. The molecule has 1 aromatic heterocycles. The van der Waals surface area contributed by atoms with Crippen molar-refractivity contribution >= 4 is 46.6 Å². The van der Waals surface area contributed by atoms with Gasteiger partial charge in [0.05, 0.1) is 26.7 Å². The number of hydrogen-bond donors (Lipinski definition) is 1. The van der Waals surface area contributed by atoms with Gasteiger partial charge < -0.3 is 5.32 Å². The van der Waals surface area contributed by atoms with Gasteiger partial charge in [0.25, 0.3) is 0 Å². The van der Waals surface area contributed by atoms with Crippen molar-refractivity contribution in [3.8, 4) is 5.69 Å². The highest BCUT2D eigenvalue weighted by Gasteiger charge is 2.20. The summed E-state index contributed by atoms with van der Waals surface area (Å²) in [6.07, 6.45) is 0. The Labute approximate surface area is 164 Å². The van der Waals surface area contributed by atoms with Crippen molar-refractivity contribution in [1.82, 2.24) is 20.2 Å². The maximum absolute atomic E-state index is 12.5. The number of anilines is 1. The zero-order valence-electron chi connectivity index (χ0n) is 14.0. The Hall–Kier alpha value is -2.09. The molecule has 0 radical (unpaired) electrons. The fourth-order valence-electron chi connectivity index (χ4n) is 2.22. The van der Waals surface area contributed by atoms with Gasteiger partial charge in [0.15, 0.2) is 0 Å². The summed E-state index contributed by atoms with van der Waals surface area (Å²) >= 11 is 13.3. The van der Waals surface area contributed by atoms with Gasteiger partial charge in [-0.1, -0.05) is 53.2 Å². The third-order valence-electron chi connectivity index (χ3n) is 3.55. The van der Waals surface area contributed by atoms with Crippen LogP contribution in [0.4, 0.5) is 5.69 Å². The molecule has 26 heavy (non-hydrogen) atoms. The molecule has 1 heterocycles. The van der Waals surface area contributed by atoms with Gasteiger partial charge in [-0.2, -0.15) is 4.68 Å². The SMILES string of the molecule is Cc1cccc(-n2nnnc2S[C@H](C)C(=O)Nc2cccc(Cl)c2Cl)c1. The monoisotopic (exact) mass is 407 g/mol. The number of nitrogens with zero attached hydrogens (tertiary/aromatic N) is 4. The van der Waals surface area contributed by atoms with E-state index < -0.39 is 5.25 Å². The number of amides is 1. The van der Waals surface area contributed by atoms with E-state index in [0.29, 0.717) is 20.9 Å². The molecule has 0 aliphatic carbocycles. The molecule has 3 aromatic rings. The number of tetrazole rings is 1. The molecule has 3 rings (SSSR count). The van der Waals surface area contributed by atoms with E-state index in [9.17, 15) is 4.79 Å². The third kappa shape index (κ3) is 4.17. The first kappa shape index (κ1) is 18.7. The number of nitrogens with one attached hydrogen (secondary N) is 1. The van der Waals surface area contributed by atoms with Crippen molar-refractivity contribution in [2.75, 3.05) is 5.32 Å². The Morgan fingerprint density at radius 3 is 2.77 bits per heavy atom. The number of carbonyl (C=O) groups is 1. The van der Waals surface area contributed by atoms with Gasteiger partial charge in [-0.15, -0.1) is 5.10 Å². The van der Waals surface area contributed by atoms with Crippen LogP contribution in [0.2, 0.25) is 10.0 Å². The summed E-state index contributed by atoms with van der Waals surface area (Å²) in [7, 11) is 0. The highest BCUT2D eigenvalue weighted by Crippen LogP contribution is 2.30. The average molecular weight is 408 g/mol. The zero-order chi connectivity index (χ0) is 18.7. The van der Waals surface area contributed by atoms with E-state index in [1.807, 2.05) is 31.2 Å². The molecule has 0 aliphatic rings. The highest BCUT2D eigenvalue weighted by molar-refractivity contribution is 8.00. The van der Waals surface area contributed by atoms with Crippen molar-refractivity contribution in [3.05, 3.63) is 58.1 Å². The van der Waals surface area contributed by atoms with E-state index in [2.05, 4.69) is 20.8 Å². The first-order valence-electron chi connectivity index (χ1n) is 7.72. The van der Waals surface area contributed by atoms with E-state index in [1.54, 1.807) is 29.8 Å². The second-order valence-corrected chi connectivity index (χ2v) is 7.66. The highest BCUT2D eigenvalue weighted by atomic mass is 35.5. The molecule has 1 amide bonds. The molecule has 0 aliphatic heterocycles. The number of hydrogen-bond acceptors (Lipinski definition) is 5. The third-order valence-corrected chi connectivity index (χ3v) is 5.40. The predicted molar refractivity (Wildman–Crippen MR) is 104 cm³/mol. The lowest BCUT2D eigenvalue weighted by molar-refractivity contribution is -0.115. The van der Waals surface area contributed by atoms with Crippen LogP contribution in [0.1, 0.15) is 12.5 Å². The largest absolute Gasteiger partial charge is 0.324 e. The number of thioether (sulfide) groups is 1. The minimum Gasteiger partial charge on any atom is -0.324 e. The molecule has 6 nitrogen and oxygen atoms in total. The quantitative estimate of drug-likeness (QED) is 0.634. The molecule has 1 N–H and O–H groups in total. The Morgan fingerprint density at radius 1 is 1.23 bits per heavy atom. The summed E-state index contributed by atoms with van der Waals surface area (Å²) in [5.41, 5.74) is 2.40. The number of aryl methyl sites for hydroxylation is 1. The first-order valence-corrected chi connectivity index (χ1v) is 9.36. The fourth-order valence-corrected chi connectivity index (χ4v) is 3.38. The lowest BCUT2D eigenvalue weighted by atomic mass is 10.2. The number of carbonyl (C=O) groups excluding carboxylic acids is 1. The molecule has 9 heteroatoms. The molecule has 0 unspecified atom stereocenters. The van der Waals surface area contributed by atoms with Gasteiger partial charge in [-0.25, -0.2) is 0 Å². The molecule has 0 saturated heterocycles. The molecule has 0 bridgehead atoms. The van der Waals surface area contributed by atoms with Crippen molar-refractivity contribution in [2.45, 2.75) is 24.3 Å². The topological polar surface area (TPSA) is 72.7 Å². The van der Waals surface area contributed by atoms with E-state index in [0.717, 1.165) is 11.3 Å². The molecule has 0 fully saturated rings. The second kappa shape index (κ2) is 8.07. The lowest BCUT2D eigenvalue weighted by Gasteiger charge is -2.13. The molecule has 2 aromatic carbocycles. The minimum absolute atomic E-state index is 0.224. The Kier molecular flexibility index (Phi) is 5.80. The lowest BCUT2D eigenvalue weighted by Crippen LogP contribution is -2.23. The minimum atomic E-state index is -0.445. The van der Waals surface area contributed by atoms with E-state index in [-0.39, 0.29) is 5.91 Å². The Balaban J connectivity index is 1.74. The molecule has 1 atom stereocenters. The number of aromatic nitrogens is 4. The molecular weight excluding hydrogens is 393 g/mol. The molecule has 0 saturated carbocycles. The van der Waals surface area contributed by atoms with Gasteiger partial charge in [-0.05, 0) is 54.1 Å². The van der Waals surface area contributed by atoms with Crippen LogP contribution < -0.4 is 5.32 Å². The standard InChI is InChI=1S/C17H15Cl2N5OS/c1-10-5-3-6-12(9-10)24-17(21-22-23-24)26-11(2)16(25)20-14-8-4-7-13(18)15(14)19/h3-9,11H,1-2H3,(H,20,25)/t11-/m1/s1. The summed E-state index contributed by atoms with van der Waals surface area (Å²) < 4.78 is 1.60. The molecular formula is C17H15Cl2N5OS. The Morgan fingerprint density at radius 2 is 2.00 bits per heavy atom. The Bertz CT molecular complexity index is 946. The fraction of sp³-hybridized carbons (Fsp3) is 0.176. The molecule has 0 spiro atoms. The maximum Gasteiger partial charge on any atom is 0.237 e. The van der Waals surface area contributed by atoms with Crippen molar-refractivity contribution in [2.24, 2.45) is 0 Å². The summed E-state index contributed by atoms with van der Waals surface area (Å²) in [5.74, 6) is -0.224. The van der Waals surface area contributed by atoms with E-state index in [1.165, 1.54) is 11.8 Å². The van der Waals surface area contributed by atoms with Gasteiger partial charge in [0.1, 0.15) is 0 Å². The van der Waals surface area contributed by atoms with E-state index >= 15 is 0 Å². The van der Waals surface area contributed by atoms with Gasteiger partial charge >= 0.3 is 0 Å². The van der Waals surface area contributed by atoms with Crippen LogP contribution in [-0.4, -0.2) is 31.4 Å². The second-order valence-electron chi connectivity index (χ2n) is 5.56. The van der Waals surface area contributed by atoms with Crippen LogP contribution in [-0.2, 0) is 4.79 Å². The smallest absolute Gasteiger partial charge is 0.237 e. The zero-order valence-corrected chi connectivity index (χ0v) is 16.3. The van der Waals surface area contributed by atoms with Gasteiger partial charge in [0.2, 0.25) is 11.1 Å². The van der Waals surface area contributed by atoms with E-state index in [4.69, 9.17) is 23.2 Å². The van der Waals surface area contributed by atoms with Crippen LogP contribution in [0.3, 0.4) is 0 Å². The maximum atomic E-state index is 12.5. The predicted octanol–water partition coefficient (Wildman–Crippen LogP) is 4.40. The average Bonchev–Trinajstić information content (AvgIpc) is 3.07. The number of benzene rings is 2. The van der Waals surface area contributed by atoms with Crippen LogP contribution >= 0.6 is 35.0 Å². The van der Waals surface area contributed by atoms with Crippen LogP contribution in [0, 0.1) is 6.92 Å². The van der Waals surface area contributed by atoms with Crippen LogP contribution in [0.5, 0.6) is 0 Å². The van der Waals surface area contributed by atoms with Crippen molar-refractivity contribution in [3.63, 3.8) is 0 Å². The number of halogens is 2. The summed E-state index contributed by atoms with van der Waals surface area (Å²) in [6.45, 7) is 3.76. The number of rotatable bonds is 5. The molecule has 134 valence electrons. The first-order chi connectivity index (χ1) is 12.5.